The normalized spacial score (nSPS) is 11.2. The summed E-state index contributed by atoms with van der Waals surface area (Å²) in [7, 11) is -3.62. The molecule has 0 unspecified atom stereocenters. The number of rotatable bonds is 2. The predicted molar refractivity (Wildman–Crippen MR) is 43.4 cm³/mol. The molecule has 0 fully saturated rings. The lowest BCUT2D eigenvalue weighted by atomic mass is 10.5. The fourth-order valence-corrected chi connectivity index (χ4v) is 1.04. The predicted octanol–water partition coefficient (Wildman–Crippen LogP) is -0.638. The summed E-state index contributed by atoms with van der Waals surface area (Å²) in [5, 5.41) is 10.9. The molecular weight excluding hydrogens is 196 g/mol. The summed E-state index contributed by atoms with van der Waals surface area (Å²) >= 11 is 0. The van der Waals surface area contributed by atoms with Gasteiger partial charge in [0.1, 0.15) is 0 Å². The second-order valence-electron chi connectivity index (χ2n) is 2.48. The highest BCUT2D eigenvalue weighted by molar-refractivity contribution is 7.86. The van der Waals surface area contributed by atoms with Gasteiger partial charge in [0.15, 0.2) is 0 Å². The fraction of sp³-hybridized carbons (Fsp3) is 0.333. The Morgan fingerprint density at radius 3 is 2.69 bits per heavy atom. The molecule has 0 saturated heterocycles. The number of hydrogen-bond donors (Lipinski definition) is 0. The molecule has 0 aliphatic carbocycles. The first-order chi connectivity index (χ1) is 5.88. The topological polar surface area (TPSA) is 83.2 Å². The van der Waals surface area contributed by atoms with Gasteiger partial charge in [0.25, 0.3) is 5.88 Å². The highest BCUT2D eigenvalue weighted by Gasteiger charge is 2.09. The summed E-state index contributed by atoms with van der Waals surface area (Å²) in [6.45, 7) is 1.55. The largest absolute Gasteiger partial charge is 0.618 e. The number of aromatic nitrogens is 2. The van der Waals surface area contributed by atoms with Crippen LogP contribution in [-0.4, -0.2) is 19.7 Å². The molecule has 7 heteroatoms. The molecule has 0 amide bonds. The summed E-state index contributed by atoms with van der Waals surface area (Å²) in [6, 6.07) is 0. The Bertz CT molecular complexity index is 415. The van der Waals surface area contributed by atoms with Crippen molar-refractivity contribution in [1.82, 2.24) is 4.98 Å². The SMILES string of the molecule is Cc1cnc(OS(C)(=O)=O)c[n+]1[O-]. The number of aryl methyl sites for hydroxylation is 1. The van der Waals surface area contributed by atoms with Crippen LogP contribution in [0, 0.1) is 12.1 Å². The third-order valence-corrected chi connectivity index (χ3v) is 1.66. The molecule has 0 spiro atoms. The van der Waals surface area contributed by atoms with Crippen molar-refractivity contribution in [3.63, 3.8) is 0 Å². The lowest BCUT2D eigenvalue weighted by Crippen LogP contribution is -2.30. The Morgan fingerprint density at radius 2 is 2.23 bits per heavy atom. The third-order valence-electron chi connectivity index (χ3n) is 1.19. The smallest absolute Gasteiger partial charge is 0.307 e. The molecule has 0 aliphatic rings. The van der Waals surface area contributed by atoms with E-state index in [1.54, 1.807) is 6.92 Å². The van der Waals surface area contributed by atoms with Gasteiger partial charge in [0, 0.05) is 6.92 Å². The molecule has 6 nitrogen and oxygen atoms in total. The van der Waals surface area contributed by atoms with Crippen LogP contribution in [0.1, 0.15) is 5.69 Å². The molecule has 1 heterocycles. The molecule has 0 saturated carbocycles. The van der Waals surface area contributed by atoms with E-state index in [2.05, 4.69) is 9.17 Å². The molecule has 1 rings (SSSR count). The maximum absolute atomic E-state index is 10.9. The van der Waals surface area contributed by atoms with Crippen LogP contribution in [0.15, 0.2) is 12.4 Å². The van der Waals surface area contributed by atoms with Crippen LogP contribution in [0.5, 0.6) is 5.88 Å². The van der Waals surface area contributed by atoms with E-state index < -0.39 is 10.1 Å². The highest BCUT2D eigenvalue weighted by Crippen LogP contribution is 2.04. The zero-order valence-corrected chi connectivity index (χ0v) is 7.91. The van der Waals surface area contributed by atoms with Gasteiger partial charge in [0.05, 0.1) is 12.5 Å². The van der Waals surface area contributed by atoms with Gasteiger partial charge in [0.2, 0.25) is 11.9 Å². The minimum atomic E-state index is -3.62. The Hall–Kier alpha value is -1.37. The molecule has 1 aromatic heterocycles. The van der Waals surface area contributed by atoms with Crippen LogP contribution in [0.25, 0.3) is 0 Å². The Labute approximate surface area is 75.5 Å². The monoisotopic (exact) mass is 204 g/mol. The van der Waals surface area contributed by atoms with Gasteiger partial charge in [-0.25, -0.2) is 4.98 Å². The minimum absolute atomic E-state index is 0.233. The maximum Gasteiger partial charge on any atom is 0.307 e. The molecule has 0 radical (unpaired) electrons. The van der Waals surface area contributed by atoms with Crippen molar-refractivity contribution in [3.05, 3.63) is 23.3 Å². The zero-order valence-electron chi connectivity index (χ0n) is 7.09. The molecule has 1 aromatic rings. The van der Waals surface area contributed by atoms with Gasteiger partial charge >= 0.3 is 10.1 Å². The van der Waals surface area contributed by atoms with Crippen molar-refractivity contribution in [1.29, 1.82) is 0 Å². The third kappa shape index (κ3) is 2.86. The van der Waals surface area contributed by atoms with Gasteiger partial charge < -0.3 is 9.39 Å². The van der Waals surface area contributed by atoms with E-state index in [0.29, 0.717) is 10.4 Å². The van der Waals surface area contributed by atoms with Crippen molar-refractivity contribution in [2.75, 3.05) is 6.26 Å². The van der Waals surface area contributed by atoms with E-state index in [0.717, 1.165) is 12.5 Å². The van der Waals surface area contributed by atoms with E-state index in [-0.39, 0.29) is 5.88 Å². The summed E-state index contributed by atoms with van der Waals surface area (Å²) in [4.78, 5) is 3.60. The van der Waals surface area contributed by atoms with Crippen molar-refractivity contribution in [3.8, 4) is 5.88 Å². The van der Waals surface area contributed by atoms with Gasteiger partial charge in [-0.1, -0.05) is 0 Å². The number of hydrogen-bond acceptors (Lipinski definition) is 5. The van der Waals surface area contributed by atoms with Gasteiger partial charge in [-0.05, 0) is 0 Å². The first-order valence-corrected chi connectivity index (χ1v) is 5.15. The Balaban J connectivity index is 2.99. The molecule has 0 aromatic carbocycles. The molecule has 72 valence electrons. The van der Waals surface area contributed by atoms with Crippen molar-refractivity contribution in [2.45, 2.75) is 6.92 Å². The van der Waals surface area contributed by atoms with E-state index in [9.17, 15) is 13.6 Å². The van der Waals surface area contributed by atoms with Crippen molar-refractivity contribution >= 4 is 10.1 Å². The minimum Gasteiger partial charge on any atom is -0.618 e. The van der Waals surface area contributed by atoms with E-state index >= 15 is 0 Å². The zero-order chi connectivity index (χ0) is 10.1. The summed E-state index contributed by atoms with van der Waals surface area (Å²) in [5.41, 5.74) is 0.362. The van der Waals surface area contributed by atoms with Crippen LogP contribution in [0.4, 0.5) is 0 Å². The maximum atomic E-state index is 10.9. The second kappa shape index (κ2) is 3.17. The Kier molecular flexibility index (Phi) is 2.37. The van der Waals surface area contributed by atoms with E-state index in [1.807, 2.05) is 0 Å². The molecule has 0 aliphatic heterocycles. The van der Waals surface area contributed by atoms with Crippen molar-refractivity contribution < 1.29 is 17.3 Å². The summed E-state index contributed by atoms with van der Waals surface area (Å²) < 4.78 is 26.1. The molecule has 13 heavy (non-hydrogen) atoms. The van der Waals surface area contributed by atoms with Crippen LogP contribution in [0.3, 0.4) is 0 Å². The first-order valence-electron chi connectivity index (χ1n) is 3.34. The van der Waals surface area contributed by atoms with Gasteiger partial charge in [-0.3, -0.25) is 0 Å². The lowest BCUT2D eigenvalue weighted by molar-refractivity contribution is -0.613. The van der Waals surface area contributed by atoms with E-state index in [1.165, 1.54) is 6.20 Å². The van der Waals surface area contributed by atoms with Crippen LogP contribution >= 0.6 is 0 Å². The van der Waals surface area contributed by atoms with Crippen LogP contribution < -0.4 is 8.91 Å². The molecular formula is C6H8N2O4S. The average molecular weight is 204 g/mol. The molecule has 0 bridgehead atoms. The highest BCUT2D eigenvalue weighted by atomic mass is 32.2. The molecule has 0 atom stereocenters. The van der Waals surface area contributed by atoms with Crippen LogP contribution in [-0.2, 0) is 10.1 Å². The average Bonchev–Trinajstić information content (AvgIpc) is 1.94. The van der Waals surface area contributed by atoms with E-state index in [4.69, 9.17) is 0 Å². The first kappa shape index (κ1) is 9.72. The summed E-state index contributed by atoms with van der Waals surface area (Å²) in [5.74, 6) is -0.233. The lowest BCUT2D eigenvalue weighted by Gasteiger charge is -2.02. The molecule has 0 N–H and O–H groups in total. The Morgan fingerprint density at radius 1 is 1.62 bits per heavy atom. The summed E-state index contributed by atoms with van der Waals surface area (Å²) in [6.07, 6.45) is 3.06. The standard InChI is InChI=1S/C6H8N2O4S/c1-5-3-7-6(4-8(5)9)12-13(2,10)11/h3-4H,1-2H3. The fourth-order valence-electron chi connectivity index (χ4n) is 0.648. The van der Waals surface area contributed by atoms with Gasteiger partial charge in [-0.15, -0.1) is 0 Å². The quantitative estimate of drug-likeness (QED) is 0.363. The van der Waals surface area contributed by atoms with Gasteiger partial charge in [-0.2, -0.15) is 13.1 Å². The second-order valence-corrected chi connectivity index (χ2v) is 4.06. The van der Waals surface area contributed by atoms with Crippen molar-refractivity contribution in [2.24, 2.45) is 0 Å². The number of nitrogens with zero attached hydrogens (tertiary/aromatic N) is 2. The van der Waals surface area contributed by atoms with Crippen LogP contribution in [0.2, 0.25) is 0 Å².